The Hall–Kier alpha value is -1.95. The number of aromatic nitrogens is 3. The number of amides is 1. The molecule has 0 aromatic carbocycles. The smallest absolute Gasteiger partial charge is 0.322 e. The van der Waals surface area contributed by atoms with E-state index in [1.807, 2.05) is 0 Å². The Morgan fingerprint density at radius 2 is 2.28 bits per heavy atom. The van der Waals surface area contributed by atoms with E-state index in [4.69, 9.17) is 16.0 Å². The predicted molar refractivity (Wildman–Crippen MR) is 63.5 cm³/mol. The maximum Gasteiger partial charge on any atom is 0.322 e. The highest BCUT2D eigenvalue weighted by Crippen LogP contribution is 2.39. The summed E-state index contributed by atoms with van der Waals surface area (Å²) in [7, 11) is 0. The molecule has 92 valence electrons. The molecular formula is C11H9ClN4O2. The van der Waals surface area contributed by atoms with Gasteiger partial charge >= 0.3 is 6.01 Å². The zero-order valence-corrected chi connectivity index (χ0v) is 10.0. The van der Waals surface area contributed by atoms with E-state index in [1.54, 1.807) is 6.07 Å². The monoisotopic (exact) mass is 264 g/mol. The fourth-order valence-electron chi connectivity index (χ4n) is 1.49. The fraction of sp³-hybridized carbons (Fsp3) is 0.273. The maximum absolute atomic E-state index is 11.8. The van der Waals surface area contributed by atoms with Gasteiger partial charge in [0.05, 0.1) is 0 Å². The van der Waals surface area contributed by atoms with Crippen LogP contribution in [0.3, 0.4) is 0 Å². The lowest BCUT2D eigenvalue weighted by Crippen LogP contribution is -2.12. The second-order valence-corrected chi connectivity index (χ2v) is 4.43. The van der Waals surface area contributed by atoms with Crippen molar-refractivity contribution in [1.29, 1.82) is 0 Å². The van der Waals surface area contributed by atoms with Crippen molar-refractivity contribution >= 4 is 23.5 Å². The molecule has 1 saturated carbocycles. The van der Waals surface area contributed by atoms with Crippen molar-refractivity contribution in [3.05, 3.63) is 34.9 Å². The van der Waals surface area contributed by atoms with E-state index in [1.165, 1.54) is 12.3 Å². The van der Waals surface area contributed by atoms with Crippen molar-refractivity contribution in [3.8, 4) is 0 Å². The van der Waals surface area contributed by atoms with E-state index < -0.39 is 0 Å². The van der Waals surface area contributed by atoms with Crippen molar-refractivity contribution in [2.24, 2.45) is 0 Å². The molecule has 3 rings (SSSR count). The SMILES string of the molecule is O=C(Nc1nnc(C2CC2)o1)c1ccnc(Cl)c1. The average molecular weight is 265 g/mol. The summed E-state index contributed by atoms with van der Waals surface area (Å²) < 4.78 is 5.33. The lowest BCUT2D eigenvalue weighted by atomic mass is 10.2. The Bertz CT molecular complexity index is 594. The molecule has 0 atom stereocenters. The molecule has 0 spiro atoms. The average Bonchev–Trinajstić information content (AvgIpc) is 3.11. The number of hydrogen-bond donors (Lipinski definition) is 1. The molecule has 0 unspecified atom stereocenters. The van der Waals surface area contributed by atoms with Crippen molar-refractivity contribution in [3.63, 3.8) is 0 Å². The molecule has 6 nitrogen and oxygen atoms in total. The highest BCUT2D eigenvalue weighted by atomic mass is 35.5. The van der Waals surface area contributed by atoms with Crippen LogP contribution in [0.1, 0.15) is 35.0 Å². The first-order valence-electron chi connectivity index (χ1n) is 5.48. The highest BCUT2D eigenvalue weighted by molar-refractivity contribution is 6.29. The van der Waals surface area contributed by atoms with Gasteiger partial charge in [-0.3, -0.25) is 10.1 Å². The maximum atomic E-state index is 11.8. The van der Waals surface area contributed by atoms with Crippen LogP contribution in [0.4, 0.5) is 6.01 Å². The van der Waals surface area contributed by atoms with E-state index in [-0.39, 0.29) is 17.1 Å². The fourth-order valence-corrected chi connectivity index (χ4v) is 1.67. The molecule has 2 heterocycles. The normalized spacial score (nSPS) is 14.5. The predicted octanol–water partition coefficient (Wildman–Crippen LogP) is 2.25. The van der Waals surface area contributed by atoms with Gasteiger partial charge in [-0.1, -0.05) is 16.7 Å². The molecule has 0 bridgehead atoms. The van der Waals surface area contributed by atoms with E-state index >= 15 is 0 Å². The molecule has 2 aromatic heterocycles. The minimum atomic E-state index is -0.356. The van der Waals surface area contributed by atoms with E-state index in [9.17, 15) is 4.79 Å². The van der Waals surface area contributed by atoms with Crippen molar-refractivity contribution in [2.45, 2.75) is 18.8 Å². The van der Waals surface area contributed by atoms with Gasteiger partial charge in [0.2, 0.25) is 5.89 Å². The standard InChI is InChI=1S/C11H9ClN4O2/c12-8-5-7(3-4-13-8)9(17)14-11-16-15-10(18-11)6-1-2-6/h3-6H,1-2H2,(H,14,16,17). The second kappa shape index (κ2) is 4.38. The van der Waals surface area contributed by atoms with Crippen LogP contribution < -0.4 is 5.32 Å². The summed E-state index contributed by atoms with van der Waals surface area (Å²) in [4.78, 5) is 15.6. The Morgan fingerprint density at radius 3 is 3.00 bits per heavy atom. The molecule has 1 fully saturated rings. The van der Waals surface area contributed by atoms with Gasteiger partial charge < -0.3 is 4.42 Å². The second-order valence-electron chi connectivity index (χ2n) is 4.04. The number of rotatable bonds is 3. The number of hydrogen-bond acceptors (Lipinski definition) is 5. The van der Waals surface area contributed by atoms with Crippen molar-refractivity contribution in [2.75, 3.05) is 5.32 Å². The highest BCUT2D eigenvalue weighted by Gasteiger charge is 2.29. The molecular weight excluding hydrogens is 256 g/mol. The summed E-state index contributed by atoms with van der Waals surface area (Å²) in [6.07, 6.45) is 3.59. The van der Waals surface area contributed by atoms with Crippen LogP contribution in [-0.2, 0) is 0 Å². The van der Waals surface area contributed by atoms with Crippen LogP contribution in [-0.4, -0.2) is 21.1 Å². The van der Waals surface area contributed by atoms with Gasteiger partial charge in [-0.25, -0.2) is 4.98 Å². The van der Waals surface area contributed by atoms with Gasteiger partial charge in [-0.2, -0.15) is 0 Å². The van der Waals surface area contributed by atoms with Crippen LogP contribution in [0.5, 0.6) is 0 Å². The lowest BCUT2D eigenvalue weighted by molar-refractivity contribution is 0.102. The summed E-state index contributed by atoms with van der Waals surface area (Å²) in [5.74, 6) is 0.585. The van der Waals surface area contributed by atoms with Crippen LogP contribution in [0, 0.1) is 0 Å². The first kappa shape index (κ1) is 11.2. The molecule has 1 N–H and O–H groups in total. The summed E-state index contributed by atoms with van der Waals surface area (Å²) >= 11 is 5.70. The molecule has 1 aliphatic rings. The first-order chi connectivity index (χ1) is 8.72. The number of pyridine rings is 1. The zero-order chi connectivity index (χ0) is 12.5. The number of nitrogens with one attached hydrogen (secondary N) is 1. The van der Waals surface area contributed by atoms with Crippen molar-refractivity contribution in [1.82, 2.24) is 15.2 Å². The van der Waals surface area contributed by atoms with Gasteiger partial charge in [-0.15, -0.1) is 5.10 Å². The van der Waals surface area contributed by atoms with Crippen LogP contribution in [0.15, 0.2) is 22.7 Å². The molecule has 1 aliphatic carbocycles. The quantitative estimate of drug-likeness (QED) is 0.860. The summed E-state index contributed by atoms with van der Waals surface area (Å²) in [5, 5.41) is 10.4. The Kier molecular flexibility index (Phi) is 2.71. The topological polar surface area (TPSA) is 80.9 Å². The van der Waals surface area contributed by atoms with Gasteiger partial charge in [-0.05, 0) is 25.0 Å². The Morgan fingerprint density at radius 1 is 1.44 bits per heavy atom. The van der Waals surface area contributed by atoms with Crippen molar-refractivity contribution < 1.29 is 9.21 Å². The largest absolute Gasteiger partial charge is 0.408 e. The van der Waals surface area contributed by atoms with Gasteiger partial charge in [0.1, 0.15) is 5.15 Å². The lowest BCUT2D eigenvalue weighted by Gasteiger charge is -2.00. The number of carbonyl (C=O) groups excluding carboxylic acids is 1. The number of anilines is 1. The Balaban J connectivity index is 1.73. The molecule has 0 saturated heterocycles. The molecule has 18 heavy (non-hydrogen) atoms. The van der Waals surface area contributed by atoms with Crippen LogP contribution >= 0.6 is 11.6 Å². The third kappa shape index (κ3) is 2.33. The van der Waals surface area contributed by atoms with Gasteiger partial charge in [0, 0.05) is 17.7 Å². The van der Waals surface area contributed by atoms with Crippen LogP contribution in [0.25, 0.3) is 0 Å². The summed E-state index contributed by atoms with van der Waals surface area (Å²) in [5.41, 5.74) is 0.390. The van der Waals surface area contributed by atoms with Gasteiger partial charge in [0.25, 0.3) is 5.91 Å². The molecule has 1 amide bonds. The summed E-state index contributed by atoms with van der Waals surface area (Å²) in [6, 6.07) is 3.13. The third-order valence-electron chi connectivity index (χ3n) is 2.58. The van der Waals surface area contributed by atoms with E-state index in [2.05, 4.69) is 20.5 Å². The zero-order valence-electron chi connectivity index (χ0n) is 9.26. The minimum Gasteiger partial charge on any atom is -0.408 e. The third-order valence-corrected chi connectivity index (χ3v) is 2.78. The van der Waals surface area contributed by atoms with E-state index in [0.29, 0.717) is 17.4 Å². The molecule has 2 aromatic rings. The number of halogens is 1. The van der Waals surface area contributed by atoms with Crippen LogP contribution in [0.2, 0.25) is 5.15 Å². The molecule has 0 aliphatic heterocycles. The first-order valence-corrected chi connectivity index (χ1v) is 5.86. The van der Waals surface area contributed by atoms with E-state index in [0.717, 1.165) is 12.8 Å². The molecule has 7 heteroatoms. The minimum absolute atomic E-state index is 0.106. The number of nitrogens with zero attached hydrogens (tertiary/aromatic N) is 3. The Labute approximate surface area is 107 Å². The van der Waals surface area contributed by atoms with Gasteiger partial charge in [0.15, 0.2) is 0 Å². The molecule has 0 radical (unpaired) electrons. The number of carbonyl (C=O) groups is 1. The summed E-state index contributed by atoms with van der Waals surface area (Å²) in [6.45, 7) is 0.